The van der Waals surface area contributed by atoms with Crippen LogP contribution in [0.25, 0.3) is 17.2 Å². The van der Waals surface area contributed by atoms with Crippen molar-refractivity contribution in [2.24, 2.45) is 0 Å². The monoisotopic (exact) mass is 235 g/mol. The molecule has 1 nitrogen and oxygen atoms in total. The molecular formula is C17H17N. The standard InChI is InChI=1S/C17H17N/c1-12(2)17-16(7-4-10-18-17)15-9-8-13-5-3-6-14(13)11-15/h3-4,6-12H,5H2,1-2H3. The summed E-state index contributed by atoms with van der Waals surface area (Å²) in [6.07, 6.45) is 7.39. The molecule has 1 aromatic carbocycles. The highest BCUT2D eigenvalue weighted by molar-refractivity contribution is 5.72. The lowest BCUT2D eigenvalue weighted by atomic mass is 9.95. The number of fused-ring (bicyclic) bond motifs is 1. The van der Waals surface area contributed by atoms with Gasteiger partial charge >= 0.3 is 0 Å². The Kier molecular flexibility index (Phi) is 2.75. The molecule has 0 fully saturated rings. The maximum atomic E-state index is 4.53. The minimum Gasteiger partial charge on any atom is -0.260 e. The number of pyridine rings is 1. The van der Waals surface area contributed by atoms with Gasteiger partial charge in [0.05, 0.1) is 5.69 Å². The Morgan fingerprint density at radius 2 is 2.06 bits per heavy atom. The molecule has 1 heterocycles. The average Bonchev–Trinajstić information content (AvgIpc) is 2.85. The van der Waals surface area contributed by atoms with Gasteiger partial charge in [-0.2, -0.15) is 0 Å². The normalized spacial score (nSPS) is 13.1. The lowest BCUT2D eigenvalue weighted by Gasteiger charge is -2.12. The Hall–Kier alpha value is -1.89. The number of allylic oxidation sites excluding steroid dienone is 1. The Labute approximate surface area is 108 Å². The van der Waals surface area contributed by atoms with Crippen molar-refractivity contribution in [3.63, 3.8) is 0 Å². The summed E-state index contributed by atoms with van der Waals surface area (Å²) in [4.78, 5) is 4.53. The predicted octanol–water partition coefficient (Wildman–Crippen LogP) is 4.44. The second kappa shape index (κ2) is 4.41. The molecule has 0 saturated carbocycles. The zero-order chi connectivity index (χ0) is 12.5. The van der Waals surface area contributed by atoms with Gasteiger partial charge in [-0.05, 0) is 41.2 Å². The Bertz CT molecular complexity index is 609. The van der Waals surface area contributed by atoms with Crippen LogP contribution in [0.15, 0.2) is 42.6 Å². The van der Waals surface area contributed by atoms with Gasteiger partial charge < -0.3 is 0 Å². The molecule has 1 aliphatic rings. The van der Waals surface area contributed by atoms with Gasteiger partial charge in [-0.3, -0.25) is 4.98 Å². The van der Waals surface area contributed by atoms with Crippen LogP contribution in [0.3, 0.4) is 0 Å². The predicted molar refractivity (Wildman–Crippen MR) is 76.5 cm³/mol. The molecule has 1 aliphatic carbocycles. The average molecular weight is 235 g/mol. The number of hydrogen-bond donors (Lipinski definition) is 0. The summed E-state index contributed by atoms with van der Waals surface area (Å²) < 4.78 is 0. The molecule has 0 N–H and O–H groups in total. The molecule has 1 aromatic heterocycles. The molecule has 0 bridgehead atoms. The van der Waals surface area contributed by atoms with Crippen LogP contribution < -0.4 is 0 Å². The second-order valence-electron chi connectivity index (χ2n) is 5.11. The molecule has 2 aromatic rings. The summed E-state index contributed by atoms with van der Waals surface area (Å²) in [5.74, 6) is 0.449. The highest BCUT2D eigenvalue weighted by Crippen LogP contribution is 2.30. The summed E-state index contributed by atoms with van der Waals surface area (Å²) >= 11 is 0. The number of hydrogen-bond acceptors (Lipinski definition) is 1. The summed E-state index contributed by atoms with van der Waals surface area (Å²) in [6, 6.07) is 10.9. The summed E-state index contributed by atoms with van der Waals surface area (Å²) in [5, 5.41) is 0. The van der Waals surface area contributed by atoms with E-state index in [9.17, 15) is 0 Å². The van der Waals surface area contributed by atoms with Crippen molar-refractivity contribution < 1.29 is 0 Å². The number of aromatic nitrogens is 1. The first kappa shape index (κ1) is 11.2. The smallest absolute Gasteiger partial charge is 0.0507 e. The van der Waals surface area contributed by atoms with E-state index < -0.39 is 0 Å². The van der Waals surface area contributed by atoms with Crippen molar-refractivity contribution >= 4 is 6.08 Å². The molecule has 0 spiro atoms. The van der Waals surface area contributed by atoms with E-state index in [0.29, 0.717) is 5.92 Å². The third-order valence-electron chi connectivity index (χ3n) is 3.48. The van der Waals surface area contributed by atoms with Crippen LogP contribution >= 0.6 is 0 Å². The Balaban J connectivity index is 2.13. The van der Waals surface area contributed by atoms with Crippen molar-refractivity contribution in [3.05, 3.63) is 59.4 Å². The Morgan fingerprint density at radius 1 is 1.17 bits per heavy atom. The van der Waals surface area contributed by atoms with Gasteiger partial charge in [0.2, 0.25) is 0 Å². The van der Waals surface area contributed by atoms with Crippen LogP contribution in [0.4, 0.5) is 0 Å². The van der Waals surface area contributed by atoms with Crippen molar-refractivity contribution in [3.8, 4) is 11.1 Å². The molecule has 0 amide bonds. The number of benzene rings is 1. The summed E-state index contributed by atoms with van der Waals surface area (Å²) in [7, 11) is 0. The Morgan fingerprint density at radius 3 is 2.89 bits per heavy atom. The van der Waals surface area contributed by atoms with Crippen LogP contribution in [0, 0.1) is 0 Å². The molecule has 0 aliphatic heterocycles. The van der Waals surface area contributed by atoms with E-state index in [1.807, 2.05) is 12.3 Å². The minimum atomic E-state index is 0.449. The second-order valence-corrected chi connectivity index (χ2v) is 5.11. The van der Waals surface area contributed by atoms with Gasteiger partial charge in [0.15, 0.2) is 0 Å². The molecular weight excluding hydrogens is 218 g/mol. The lowest BCUT2D eigenvalue weighted by Crippen LogP contribution is -1.96. The molecule has 90 valence electrons. The van der Waals surface area contributed by atoms with Crippen molar-refractivity contribution in [2.75, 3.05) is 0 Å². The van der Waals surface area contributed by atoms with Crippen molar-refractivity contribution in [1.29, 1.82) is 0 Å². The molecule has 0 atom stereocenters. The summed E-state index contributed by atoms with van der Waals surface area (Å²) in [6.45, 7) is 4.39. The minimum absolute atomic E-state index is 0.449. The fourth-order valence-electron chi connectivity index (χ4n) is 2.54. The third kappa shape index (κ3) is 1.86. The highest BCUT2D eigenvalue weighted by atomic mass is 14.7. The van der Waals surface area contributed by atoms with E-state index in [1.165, 1.54) is 27.9 Å². The van der Waals surface area contributed by atoms with E-state index in [2.05, 4.69) is 55.2 Å². The maximum Gasteiger partial charge on any atom is 0.0507 e. The van der Waals surface area contributed by atoms with Gasteiger partial charge in [-0.25, -0.2) is 0 Å². The van der Waals surface area contributed by atoms with E-state index >= 15 is 0 Å². The molecule has 3 rings (SSSR count). The van der Waals surface area contributed by atoms with E-state index in [-0.39, 0.29) is 0 Å². The van der Waals surface area contributed by atoms with Crippen LogP contribution in [0.1, 0.15) is 36.6 Å². The summed E-state index contributed by atoms with van der Waals surface area (Å²) in [5.41, 5.74) is 6.49. The largest absolute Gasteiger partial charge is 0.260 e. The molecule has 0 radical (unpaired) electrons. The number of nitrogens with zero attached hydrogens (tertiary/aromatic N) is 1. The third-order valence-corrected chi connectivity index (χ3v) is 3.48. The first-order valence-electron chi connectivity index (χ1n) is 6.50. The quantitative estimate of drug-likeness (QED) is 0.749. The first-order chi connectivity index (χ1) is 8.75. The van der Waals surface area contributed by atoms with E-state index in [1.54, 1.807) is 0 Å². The van der Waals surface area contributed by atoms with E-state index in [4.69, 9.17) is 0 Å². The first-order valence-corrected chi connectivity index (χ1v) is 6.50. The molecule has 0 unspecified atom stereocenters. The molecule has 18 heavy (non-hydrogen) atoms. The van der Waals surface area contributed by atoms with Crippen molar-refractivity contribution in [1.82, 2.24) is 4.98 Å². The molecule has 1 heteroatoms. The fourth-order valence-corrected chi connectivity index (χ4v) is 2.54. The topological polar surface area (TPSA) is 12.9 Å². The fraction of sp³-hybridized carbons (Fsp3) is 0.235. The van der Waals surface area contributed by atoms with Gasteiger partial charge in [0.25, 0.3) is 0 Å². The molecule has 0 saturated heterocycles. The van der Waals surface area contributed by atoms with Gasteiger partial charge in [-0.15, -0.1) is 0 Å². The van der Waals surface area contributed by atoms with Crippen molar-refractivity contribution in [2.45, 2.75) is 26.2 Å². The van der Waals surface area contributed by atoms with Crippen LogP contribution in [0.2, 0.25) is 0 Å². The zero-order valence-electron chi connectivity index (χ0n) is 10.9. The highest BCUT2D eigenvalue weighted by Gasteiger charge is 2.11. The van der Waals surface area contributed by atoms with Gasteiger partial charge in [0.1, 0.15) is 0 Å². The SMILES string of the molecule is CC(C)c1ncccc1-c1ccc2c(c1)C=CC2. The van der Waals surface area contributed by atoms with Crippen LogP contribution in [-0.2, 0) is 6.42 Å². The lowest BCUT2D eigenvalue weighted by molar-refractivity contribution is 0.826. The van der Waals surface area contributed by atoms with Gasteiger partial charge in [0, 0.05) is 11.8 Å². The van der Waals surface area contributed by atoms with E-state index in [0.717, 1.165) is 6.42 Å². The van der Waals surface area contributed by atoms with Gasteiger partial charge in [-0.1, -0.05) is 44.2 Å². The zero-order valence-corrected chi connectivity index (χ0v) is 10.9. The van der Waals surface area contributed by atoms with Crippen LogP contribution in [0.5, 0.6) is 0 Å². The number of rotatable bonds is 2. The van der Waals surface area contributed by atoms with Crippen LogP contribution in [-0.4, -0.2) is 4.98 Å². The maximum absolute atomic E-state index is 4.53.